The molecule has 0 radical (unpaired) electrons. The van der Waals surface area contributed by atoms with Crippen molar-refractivity contribution in [1.29, 1.82) is 0 Å². The van der Waals surface area contributed by atoms with E-state index >= 15 is 0 Å². The van der Waals surface area contributed by atoms with E-state index in [1.807, 2.05) is 24.3 Å². The Morgan fingerprint density at radius 2 is 2.00 bits per heavy atom. The molecule has 0 fully saturated rings. The van der Waals surface area contributed by atoms with Crippen molar-refractivity contribution in [3.05, 3.63) is 67.1 Å². The van der Waals surface area contributed by atoms with Crippen molar-refractivity contribution < 1.29 is 9.53 Å². The zero-order valence-corrected chi connectivity index (χ0v) is 11.7. The lowest BCUT2D eigenvalue weighted by molar-refractivity contribution is -0.118. The predicted octanol–water partition coefficient (Wildman–Crippen LogP) is 2.28. The summed E-state index contributed by atoms with van der Waals surface area (Å²) in [5.41, 5.74) is 0.609. The minimum absolute atomic E-state index is 0.0507. The molecule has 1 aromatic carbocycles. The maximum absolute atomic E-state index is 11.8. The van der Waals surface area contributed by atoms with E-state index in [1.165, 1.54) is 0 Å². The van der Waals surface area contributed by atoms with E-state index in [0.717, 1.165) is 0 Å². The van der Waals surface area contributed by atoms with Gasteiger partial charge in [0.1, 0.15) is 5.75 Å². The maximum atomic E-state index is 11.8. The molecule has 0 saturated heterocycles. The lowest BCUT2D eigenvalue weighted by Gasteiger charge is -2.07. The summed E-state index contributed by atoms with van der Waals surface area (Å²) in [6.45, 7) is -0.0507. The number of rotatable bonds is 5. The van der Waals surface area contributed by atoms with E-state index in [9.17, 15) is 4.79 Å². The van der Waals surface area contributed by atoms with Crippen molar-refractivity contribution in [1.82, 2.24) is 14.8 Å². The van der Waals surface area contributed by atoms with Crippen LogP contribution in [0.4, 0.5) is 5.69 Å². The van der Waals surface area contributed by atoms with Crippen molar-refractivity contribution in [2.45, 2.75) is 0 Å². The lowest BCUT2D eigenvalue weighted by Crippen LogP contribution is -2.20. The largest absolute Gasteiger partial charge is 0.484 e. The molecule has 0 atom stereocenters. The summed E-state index contributed by atoms with van der Waals surface area (Å²) in [4.78, 5) is 16.1. The minimum Gasteiger partial charge on any atom is -0.484 e. The molecule has 6 nitrogen and oxygen atoms in total. The molecule has 0 spiro atoms. The smallest absolute Gasteiger partial charge is 0.262 e. The van der Waals surface area contributed by atoms with Crippen LogP contribution in [0.5, 0.6) is 5.75 Å². The Labute approximate surface area is 127 Å². The SMILES string of the molecule is O=C(COc1ccccc1)Nc1ccc(-n2cccn2)nc1. The molecule has 1 N–H and O–H groups in total. The Balaban J connectivity index is 1.55. The van der Waals surface area contributed by atoms with E-state index in [1.54, 1.807) is 47.5 Å². The fourth-order valence-electron chi connectivity index (χ4n) is 1.86. The summed E-state index contributed by atoms with van der Waals surface area (Å²) < 4.78 is 7.02. The Morgan fingerprint density at radius 3 is 2.68 bits per heavy atom. The highest BCUT2D eigenvalue weighted by atomic mass is 16.5. The molecule has 0 bridgehead atoms. The summed E-state index contributed by atoms with van der Waals surface area (Å²) in [7, 11) is 0. The monoisotopic (exact) mass is 294 g/mol. The highest BCUT2D eigenvalue weighted by molar-refractivity contribution is 5.91. The van der Waals surface area contributed by atoms with Gasteiger partial charge in [0.15, 0.2) is 12.4 Å². The van der Waals surface area contributed by atoms with E-state index < -0.39 is 0 Å². The number of aromatic nitrogens is 3. The summed E-state index contributed by atoms with van der Waals surface area (Å²) in [6.07, 6.45) is 5.06. The van der Waals surface area contributed by atoms with E-state index in [2.05, 4.69) is 15.4 Å². The zero-order chi connectivity index (χ0) is 15.2. The standard InChI is InChI=1S/C16H14N4O2/c21-16(12-22-14-5-2-1-3-6-14)19-13-7-8-15(17-11-13)20-10-4-9-18-20/h1-11H,12H2,(H,19,21). The van der Waals surface area contributed by atoms with E-state index in [-0.39, 0.29) is 12.5 Å². The molecule has 3 rings (SSSR count). The minimum atomic E-state index is -0.238. The molecule has 2 aromatic heterocycles. The third-order valence-electron chi connectivity index (χ3n) is 2.88. The summed E-state index contributed by atoms with van der Waals surface area (Å²) >= 11 is 0. The van der Waals surface area contributed by atoms with E-state index in [4.69, 9.17) is 4.74 Å². The van der Waals surface area contributed by atoms with Gasteiger partial charge >= 0.3 is 0 Å². The Bertz CT molecular complexity index is 725. The van der Waals surface area contributed by atoms with E-state index in [0.29, 0.717) is 17.3 Å². The van der Waals surface area contributed by atoms with Crippen LogP contribution in [0, 0.1) is 0 Å². The molecule has 2 heterocycles. The number of hydrogen-bond donors (Lipinski definition) is 1. The first kappa shape index (κ1) is 13.8. The fourth-order valence-corrected chi connectivity index (χ4v) is 1.86. The quantitative estimate of drug-likeness (QED) is 0.784. The number of benzene rings is 1. The second-order valence-corrected chi connectivity index (χ2v) is 4.51. The van der Waals surface area contributed by atoms with Crippen LogP contribution in [0.15, 0.2) is 67.1 Å². The van der Waals surface area contributed by atoms with Gasteiger partial charge in [0, 0.05) is 12.4 Å². The maximum Gasteiger partial charge on any atom is 0.262 e. The van der Waals surface area contributed by atoms with Crippen molar-refractivity contribution in [3.63, 3.8) is 0 Å². The van der Waals surface area contributed by atoms with Gasteiger partial charge in [-0.3, -0.25) is 4.79 Å². The lowest BCUT2D eigenvalue weighted by atomic mass is 10.3. The van der Waals surface area contributed by atoms with Crippen LogP contribution >= 0.6 is 0 Å². The second kappa shape index (κ2) is 6.53. The van der Waals surface area contributed by atoms with Crippen molar-refractivity contribution in [2.75, 3.05) is 11.9 Å². The van der Waals surface area contributed by atoms with Crippen molar-refractivity contribution in [2.24, 2.45) is 0 Å². The number of nitrogens with zero attached hydrogens (tertiary/aromatic N) is 3. The number of carbonyl (C=O) groups is 1. The van der Waals surface area contributed by atoms with Crippen LogP contribution in [0.25, 0.3) is 5.82 Å². The summed E-state index contributed by atoms with van der Waals surface area (Å²) in [6, 6.07) is 14.6. The second-order valence-electron chi connectivity index (χ2n) is 4.51. The number of hydrogen-bond acceptors (Lipinski definition) is 4. The van der Waals surface area contributed by atoms with Gasteiger partial charge in [-0.25, -0.2) is 9.67 Å². The third kappa shape index (κ3) is 3.49. The molecule has 110 valence electrons. The first-order chi connectivity index (χ1) is 10.8. The van der Waals surface area contributed by atoms with Crippen LogP contribution in [-0.2, 0) is 4.79 Å². The molecule has 0 unspecified atom stereocenters. The number of carbonyl (C=O) groups excluding carboxylic acids is 1. The highest BCUT2D eigenvalue weighted by Crippen LogP contribution is 2.10. The molecule has 0 aliphatic heterocycles. The first-order valence-corrected chi connectivity index (χ1v) is 6.75. The fraction of sp³-hybridized carbons (Fsp3) is 0.0625. The van der Waals surface area contributed by atoms with Gasteiger partial charge in [-0.05, 0) is 30.3 Å². The number of nitrogens with one attached hydrogen (secondary N) is 1. The molecule has 0 aliphatic carbocycles. The predicted molar refractivity (Wildman–Crippen MR) is 81.9 cm³/mol. The van der Waals surface area contributed by atoms with Gasteiger partial charge in [-0.2, -0.15) is 5.10 Å². The highest BCUT2D eigenvalue weighted by Gasteiger charge is 2.05. The van der Waals surface area contributed by atoms with Gasteiger partial charge in [0.05, 0.1) is 11.9 Å². The van der Waals surface area contributed by atoms with Gasteiger partial charge in [-0.1, -0.05) is 18.2 Å². The number of pyridine rings is 1. The van der Waals surface area contributed by atoms with Crippen LogP contribution in [0.3, 0.4) is 0 Å². The number of para-hydroxylation sites is 1. The topological polar surface area (TPSA) is 69.0 Å². The first-order valence-electron chi connectivity index (χ1n) is 6.75. The summed E-state index contributed by atoms with van der Waals surface area (Å²) in [5.74, 6) is 1.10. The molecular formula is C16H14N4O2. The molecule has 6 heteroatoms. The Morgan fingerprint density at radius 1 is 1.14 bits per heavy atom. The average Bonchev–Trinajstić information content (AvgIpc) is 3.09. The van der Waals surface area contributed by atoms with Crippen LogP contribution in [0.1, 0.15) is 0 Å². The van der Waals surface area contributed by atoms with Gasteiger partial charge < -0.3 is 10.1 Å². The normalized spacial score (nSPS) is 10.2. The van der Waals surface area contributed by atoms with Gasteiger partial charge in [-0.15, -0.1) is 0 Å². The molecule has 3 aromatic rings. The van der Waals surface area contributed by atoms with Crippen molar-refractivity contribution >= 4 is 11.6 Å². The van der Waals surface area contributed by atoms with Crippen LogP contribution in [-0.4, -0.2) is 27.3 Å². The molecular weight excluding hydrogens is 280 g/mol. The third-order valence-corrected chi connectivity index (χ3v) is 2.88. The molecule has 0 aliphatic rings. The molecule has 22 heavy (non-hydrogen) atoms. The Kier molecular flexibility index (Phi) is 4.10. The van der Waals surface area contributed by atoms with Gasteiger partial charge in [0.25, 0.3) is 5.91 Å². The van der Waals surface area contributed by atoms with Crippen molar-refractivity contribution in [3.8, 4) is 11.6 Å². The molecule has 1 amide bonds. The number of amides is 1. The number of ether oxygens (including phenoxy) is 1. The summed E-state index contributed by atoms with van der Waals surface area (Å²) in [5, 5.41) is 6.82. The Hall–Kier alpha value is -3.15. The van der Waals surface area contributed by atoms with Crippen LogP contribution < -0.4 is 10.1 Å². The zero-order valence-electron chi connectivity index (χ0n) is 11.7. The number of anilines is 1. The molecule has 0 saturated carbocycles. The van der Waals surface area contributed by atoms with Crippen LogP contribution in [0.2, 0.25) is 0 Å². The van der Waals surface area contributed by atoms with Gasteiger partial charge in [0.2, 0.25) is 0 Å². The average molecular weight is 294 g/mol.